The Morgan fingerprint density at radius 2 is 1.83 bits per heavy atom. The molecule has 1 aromatic carbocycles. The van der Waals surface area contributed by atoms with Crippen LogP contribution in [-0.4, -0.2) is 66.5 Å². The summed E-state index contributed by atoms with van der Waals surface area (Å²) in [7, 11) is 1.59. The molecule has 4 rings (SSSR count). The van der Waals surface area contributed by atoms with Crippen LogP contribution in [0.2, 0.25) is 0 Å². The first-order valence-corrected chi connectivity index (χ1v) is 9.84. The molecule has 2 aliphatic rings. The van der Waals surface area contributed by atoms with E-state index in [1.807, 2.05) is 48.2 Å². The Labute approximate surface area is 170 Å². The summed E-state index contributed by atoms with van der Waals surface area (Å²) in [5.41, 5.74) is 0.852. The van der Waals surface area contributed by atoms with Crippen LogP contribution < -0.4 is 14.5 Å². The third-order valence-corrected chi connectivity index (χ3v) is 5.47. The number of carbonyl (C=O) groups is 2. The topological polar surface area (TPSA) is 78.9 Å². The maximum atomic E-state index is 13.0. The highest BCUT2D eigenvalue weighted by Gasteiger charge is 2.38. The zero-order valence-corrected chi connectivity index (χ0v) is 16.7. The number of benzene rings is 1. The lowest BCUT2D eigenvalue weighted by molar-refractivity contribution is -0.136. The number of anilines is 2. The molecule has 2 fully saturated rings. The van der Waals surface area contributed by atoms with Gasteiger partial charge in [-0.1, -0.05) is 18.2 Å². The maximum Gasteiger partial charge on any atom is 0.228 e. The minimum Gasteiger partial charge on any atom is -0.481 e. The van der Waals surface area contributed by atoms with Gasteiger partial charge in [0.05, 0.1) is 13.0 Å². The van der Waals surface area contributed by atoms with Gasteiger partial charge in [-0.15, -0.1) is 0 Å². The molecule has 1 atom stereocenters. The van der Waals surface area contributed by atoms with Gasteiger partial charge in [-0.05, 0) is 19.1 Å². The highest BCUT2D eigenvalue weighted by molar-refractivity contribution is 6.00. The first-order chi connectivity index (χ1) is 14.0. The van der Waals surface area contributed by atoms with Crippen molar-refractivity contribution in [1.29, 1.82) is 0 Å². The van der Waals surface area contributed by atoms with Crippen molar-refractivity contribution in [2.24, 2.45) is 5.92 Å². The van der Waals surface area contributed by atoms with Gasteiger partial charge in [0, 0.05) is 50.9 Å². The second kappa shape index (κ2) is 8.06. The first kappa shape index (κ1) is 19.2. The SMILES string of the molecule is COc1cc(N2CCN(C(=O)C3CC(=O)N(c4ccccc4)C3)CC2)nc(C)n1. The minimum absolute atomic E-state index is 0.0109. The summed E-state index contributed by atoms with van der Waals surface area (Å²) in [5, 5.41) is 0. The van der Waals surface area contributed by atoms with Gasteiger partial charge in [-0.3, -0.25) is 9.59 Å². The van der Waals surface area contributed by atoms with E-state index in [4.69, 9.17) is 4.74 Å². The summed E-state index contributed by atoms with van der Waals surface area (Å²) >= 11 is 0. The molecule has 2 aliphatic heterocycles. The molecule has 8 nitrogen and oxygen atoms in total. The Hall–Kier alpha value is -3.16. The molecule has 0 spiro atoms. The van der Waals surface area contributed by atoms with Crippen molar-refractivity contribution >= 4 is 23.3 Å². The third kappa shape index (κ3) is 4.01. The number of hydrogen-bond donors (Lipinski definition) is 0. The number of ether oxygens (including phenoxy) is 1. The molecule has 0 bridgehead atoms. The highest BCUT2D eigenvalue weighted by atomic mass is 16.5. The lowest BCUT2D eigenvalue weighted by atomic mass is 10.1. The van der Waals surface area contributed by atoms with E-state index in [-0.39, 0.29) is 24.2 Å². The van der Waals surface area contributed by atoms with E-state index in [9.17, 15) is 9.59 Å². The summed E-state index contributed by atoms with van der Waals surface area (Å²) in [6.07, 6.45) is 0.274. The van der Waals surface area contributed by atoms with Crippen molar-refractivity contribution in [2.45, 2.75) is 13.3 Å². The second-order valence-electron chi connectivity index (χ2n) is 7.37. The van der Waals surface area contributed by atoms with Crippen molar-refractivity contribution in [3.8, 4) is 5.88 Å². The molecule has 3 heterocycles. The van der Waals surface area contributed by atoms with Crippen LogP contribution in [0.4, 0.5) is 11.5 Å². The average molecular weight is 395 g/mol. The Kier molecular flexibility index (Phi) is 5.33. The molecule has 0 saturated carbocycles. The Morgan fingerprint density at radius 3 is 2.52 bits per heavy atom. The van der Waals surface area contributed by atoms with Crippen LogP contribution in [0.25, 0.3) is 0 Å². The van der Waals surface area contributed by atoms with Gasteiger partial charge in [0.2, 0.25) is 17.7 Å². The van der Waals surface area contributed by atoms with E-state index >= 15 is 0 Å². The molecule has 2 amide bonds. The standard InChI is InChI=1S/C21H25N5O3/c1-15-22-18(13-19(23-15)29-2)24-8-10-25(11-9-24)21(28)16-12-20(27)26(14-16)17-6-4-3-5-7-17/h3-7,13,16H,8-12,14H2,1-2H3. The van der Waals surface area contributed by atoms with Crippen LogP contribution >= 0.6 is 0 Å². The molecule has 0 N–H and O–H groups in total. The van der Waals surface area contributed by atoms with Crippen LogP contribution in [0, 0.1) is 12.8 Å². The summed E-state index contributed by atoms with van der Waals surface area (Å²) in [6.45, 7) is 4.88. The minimum atomic E-state index is -0.282. The predicted octanol–water partition coefficient (Wildman–Crippen LogP) is 1.50. The predicted molar refractivity (Wildman–Crippen MR) is 109 cm³/mol. The van der Waals surface area contributed by atoms with Crippen molar-refractivity contribution in [2.75, 3.05) is 49.6 Å². The lowest BCUT2D eigenvalue weighted by Crippen LogP contribution is -2.51. The van der Waals surface area contributed by atoms with Gasteiger partial charge < -0.3 is 19.4 Å². The van der Waals surface area contributed by atoms with Crippen LogP contribution in [0.1, 0.15) is 12.2 Å². The van der Waals surface area contributed by atoms with E-state index in [2.05, 4.69) is 14.9 Å². The monoisotopic (exact) mass is 395 g/mol. The summed E-state index contributed by atoms with van der Waals surface area (Å²) < 4.78 is 5.23. The quantitative estimate of drug-likeness (QED) is 0.781. The molecule has 1 aromatic heterocycles. The normalized spacial score (nSPS) is 19.6. The smallest absolute Gasteiger partial charge is 0.228 e. The number of hydrogen-bond acceptors (Lipinski definition) is 6. The molecule has 152 valence electrons. The van der Waals surface area contributed by atoms with Gasteiger partial charge in [-0.2, -0.15) is 4.98 Å². The number of nitrogens with zero attached hydrogens (tertiary/aromatic N) is 5. The molecule has 8 heteroatoms. The van der Waals surface area contributed by atoms with Gasteiger partial charge in [-0.25, -0.2) is 4.98 Å². The molecule has 0 radical (unpaired) electrons. The number of methoxy groups -OCH3 is 1. The van der Waals surface area contributed by atoms with Crippen LogP contribution in [-0.2, 0) is 9.59 Å². The summed E-state index contributed by atoms with van der Waals surface area (Å²) in [4.78, 5) is 39.9. The average Bonchev–Trinajstić information content (AvgIpc) is 3.15. The van der Waals surface area contributed by atoms with Gasteiger partial charge in [0.15, 0.2) is 0 Å². The van der Waals surface area contributed by atoms with Crippen LogP contribution in [0.5, 0.6) is 5.88 Å². The van der Waals surface area contributed by atoms with Crippen molar-refractivity contribution in [3.05, 3.63) is 42.2 Å². The van der Waals surface area contributed by atoms with Crippen molar-refractivity contribution in [1.82, 2.24) is 14.9 Å². The van der Waals surface area contributed by atoms with Gasteiger partial charge in [0.1, 0.15) is 11.6 Å². The fourth-order valence-corrected chi connectivity index (χ4v) is 3.94. The first-order valence-electron chi connectivity index (χ1n) is 9.84. The maximum absolute atomic E-state index is 13.0. The van der Waals surface area contributed by atoms with E-state index < -0.39 is 0 Å². The number of para-hydroxylation sites is 1. The fraction of sp³-hybridized carbons (Fsp3) is 0.429. The van der Waals surface area contributed by atoms with Gasteiger partial charge in [0.25, 0.3) is 0 Å². The molecular formula is C21H25N5O3. The fourth-order valence-electron chi connectivity index (χ4n) is 3.94. The Morgan fingerprint density at radius 1 is 1.10 bits per heavy atom. The number of amides is 2. The number of aryl methyl sites for hydroxylation is 1. The highest BCUT2D eigenvalue weighted by Crippen LogP contribution is 2.27. The third-order valence-electron chi connectivity index (χ3n) is 5.47. The van der Waals surface area contributed by atoms with Gasteiger partial charge >= 0.3 is 0 Å². The molecule has 2 aromatic rings. The zero-order chi connectivity index (χ0) is 20.4. The largest absolute Gasteiger partial charge is 0.481 e. The van der Waals surface area contributed by atoms with E-state index in [1.165, 1.54) is 0 Å². The van der Waals surface area contributed by atoms with Crippen LogP contribution in [0.3, 0.4) is 0 Å². The molecule has 0 aliphatic carbocycles. The van der Waals surface area contributed by atoms with E-state index in [0.717, 1.165) is 11.5 Å². The number of carbonyl (C=O) groups excluding carboxylic acids is 2. The van der Waals surface area contributed by atoms with Crippen molar-refractivity contribution < 1.29 is 14.3 Å². The number of piperazine rings is 1. The van der Waals surface area contributed by atoms with E-state index in [0.29, 0.717) is 44.4 Å². The Balaban J connectivity index is 1.37. The molecule has 29 heavy (non-hydrogen) atoms. The van der Waals surface area contributed by atoms with Crippen LogP contribution in [0.15, 0.2) is 36.4 Å². The zero-order valence-electron chi connectivity index (χ0n) is 16.7. The number of rotatable bonds is 4. The number of aromatic nitrogens is 2. The summed E-state index contributed by atoms with van der Waals surface area (Å²) in [5.74, 6) is 1.80. The lowest BCUT2D eigenvalue weighted by Gasteiger charge is -2.36. The molecular weight excluding hydrogens is 370 g/mol. The summed E-state index contributed by atoms with van der Waals surface area (Å²) in [6, 6.07) is 11.4. The molecule has 1 unspecified atom stereocenters. The van der Waals surface area contributed by atoms with Crippen molar-refractivity contribution in [3.63, 3.8) is 0 Å². The van der Waals surface area contributed by atoms with E-state index in [1.54, 1.807) is 12.0 Å². The second-order valence-corrected chi connectivity index (χ2v) is 7.37. The Bertz CT molecular complexity index is 896. The molecule has 2 saturated heterocycles.